The second kappa shape index (κ2) is 7.74. The van der Waals surface area contributed by atoms with Crippen LogP contribution >= 0.6 is 7.60 Å². The van der Waals surface area contributed by atoms with Crippen molar-refractivity contribution in [3.05, 3.63) is 47.2 Å². The Morgan fingerprint density at radius 3 is 2.94 bits per heavy atom. The average Bonchev–Trinajstić information content (AvgIpc) is 3.08. The van der Waals surface area contributed by atoms with Gasteiger partial charge < -0.3 is 15.0 Å². The number of fused-ring (bicyclic) bond motifs is 5. The molecule has 3 heterocycles. The van der Waals surface area contributed by atoms with Crippen LogP contribution in [0.2, 0.25) is 0 Å². The summed E-state index contributed by atoms with van der Waals surface area (Å²) in [6.07, 6.45) is 0.552. The summed E-state index contributed by atoms with van der Waals surface area (Å²) in [4.78, 5) is 8.52. The lowest BCUT2D eigenvalue weighted by molar-refractivity contribution is 0.214. The maximum atomic E-state index is 14.0. The maximum Gasteiger partial charge on any atom is 0.361 e. The predicted molar refractivity (Wildman–Crippen MR) is 108 cm³/mol. The summed E-state index contributed by atoms with van der Waals surface area (Å²) in [5.41, 5.74) is 7.29. The average molecular weight is 444 g/mol. The largest absolute Gasteiger partial charge is 0.467 e. The van der Waals surface area contributed by atoms with E-state index in [1.807, 2.05) is 0 Å². The van der Waals surface area contributed by atoms with Crippen LogP contribution in [0.1, 0.15) is 30.0 Å². The van der Waals surface area contributed by atoms with Crippen LogP contribution in [0.4, 0.5) is 10.2 Å². The van der Waals surface area contributed by atoms with E-state index in [-0.39, 0.29) is 40.6 Å². The molecule has 0 radical (unpaired) electrons. The first-order chi connectivity index (χ1) is 14.8. The molecule has 12 heteroatoms. The van der Waals surface area contributed by atoms with E-state index in [0.29, 0.717) is 11.3 Å². The number of nitriles is 1. The van der Waals surface area contributed by atoms with Gasteiger partial charge in [0.25, 0.3) is 5.88 Å². The lowest BCUT2D eigenvalue weighted by atomic mass is 10.1. The van der Waals surface area contributed by atoms with Crippen molar-refractivity contribution in [2.45, 2.75) is 19.6 Å². The maximum absolute atomic E-state index is 14.0. The quantitative estimate of drug-likeness (QED) is 0.561. The van der Waals surface area contributed by atoms with E-state index in [1.54, 1.807) is 14.0 Å². The number of benzene rings is 1. The van der Waals surface area contributed by atoms with Gasteiger partial charge >= 0.3 is 7.60 Å². The topological polar surface area (TPSA) is 138 Å². The van der Waals surface area contributed by atoms with Gasteiger partial charge in [-0.3, -0.25) is 13.8 Å². The SMILES string of the molecule is COP1(=O)OCc2nn(C)c(C#N)c2-c2cnc(N)c(n2)O[C@H](C)c2cc(F)ccc21. The van der Waals surface area contributed by atoms with Gasteiger partial charge in [-0.1, -0.05) is 0 Å². The molecule has 160 valence electrons. The number of halogens is 1. The van der Waals surface area contributed by atoms with Crippen molar-refractivity contribution >= 4 is 18.7 Å². The van der Waals surface area contributed by atoms with E-state index in [4.69, 9.17) is 19.5 Å². The summed E-state index contributed by atoms with van der Waals surface area (Å²) in [6.45, 7) is 1.36. The van der Waals surface area contributed by atoms with Crippen LogP contribution in [0.25, 0.3) is 11.3 Å². The molecule has 0 saturated heterocycles. The zero-order valence-electron chi connectivity index (χ0n) is 16.9. The first-order valence-electron chi connectivity index (χ1n) is 9.13. The van der Waals surface area contributed by atoms with Gasteiger partial charge in [0.1, 0.15) is 30.3 Å². The smallest absolute Gasteiger partial charge is 0.361 e. The molecule has 0 amide bonds. The summed E-state index contributed by atoms with van der Waals surface area (Å²) in [5.74, 6) is -0.573. The third-order valence-electron chi connectivity index (χ3n) is 4.87. The fraction of sp³-hybridized carbons (Fsp3) is 0.263. The summed E-state index contributed by atoms with van der Waals surface area (Å²) < 4.78 is 45.8. The van der Waals surface area contributed by atoms with Crippen molar-refractivity contribution in [2.75, 3.05) is 12.8 Å². The van der Waals surface area contributed by atoms with Crippen LogP contribution in [0.15, 0.2) is 24.4 Å². The highest BCUT2D eigenvalue weighted by atomic mass is 31.2. The Kier molecular flexibility index (Phi) is 5.23. The van der Waals surface area contributed by atoms with Gasteiger partial charge in [0.15, 0.2) is 5.82 Å². The first kappa shape index (κ1) is 20.9. The van der Waals surface area contributed by atoms with E-state index in [2.05, 4.69) is 21.1 Å². The van der Waals surface area contributed by atoms with Crippen LogP contribution in [0, 0.1) is 17.1 Å². The molecule has 2 bridgehead atoms. The number of rotatable bonds is 1. The molecule has 1 aliphatic heterocycles. The van der Waals surface area contributed by atoms with Gasteiger partial charge in [-0.15, -0.1) is 0 Å². The number of nitrogens with zero attached hydrogens (tertiary/aromatic N) is 5. The molecule has 1 unspecified atom stereocenters. The third kappa shape index (κ3) is 3.55. The molecular weight excluding hydrogens is 426 g/mol. The highest BCUT2D eigenvalue weighted by molar-refractivity contribution is 7.62. The number of hydrogen-bond donors (Lipinski definition) is 1. The molecule has 2 atom stereocenters. The minimum atomic E-state index is -3.91. The normalized spacial score (nSPS) is 20.4. The predicted octanol–water partition coefficient (Wildman–Crippen LogP) is 2.61. The number of ether oxygens (including phenoxy) is 1. The summed E-state index contributed by atoms with van der Waals surface area (Å²) in [7, 11) is -1.09. The van der Waals surface area contributed by atoms with Crippen LogP contribution < -0.4 is 15.8 Å². The second-order valence-corrected chi connectivity index (χ2v) is 8.87. The van der Waals surface area contributed by atoms with Gasteiger partial charge in [-0.05, 0) is 25.1 Å². The monoisotopic (exact) mass is 444 g/mol. The Bertz CT molecular complexity index is 1270. The Morgan fingerprint density at radius 2 is 2.23 bits per heavy atom. The minimum Gasteiger partial charge on any atom is -0.467 e. The summed E-state index contributed by atoms with van der Waals surface area (Å²) >= 11 is 0. The van der Waals surface area contributed by atoms with E-state index >= 15 is 0 Å². The first-order valence-corrected chi connectivity index (χ1v) is 10.7. The molecule has 2 N–H and O–H groups in total. The van der Waals surface area contributed by atoms with Crippen molar-refractivity contribution < 1.29 is 22.7 Å². The van der Waals surface area contributed by atoms with Crippen LogP contribution in [0.3, 0.4) is 0 Å². The molecule has 3 aromatic rings. The van der Waals surface area contributed by atoms with E-state index < -0.39 is 19.5 Å². The Morgan fingerprint density at radius 1 is 1.45 bits per heavy atom. The molecule has 0 spiro atoms. The standard InChI is InChI=1S/C19H18FN6O4P/c1-10-12-6-11(20)4-5-16(12)31(27,28-3)29-9-14-17(15(7-21)26(2)25-14)13-8-23-18(22)19(24-13)30-10/h4-6,8,10H,9H2,1-3H3,(H2,22,23)/t10-,31?/m1/s1. The zero-order valence-corrected chi connectivity index (χ0v) is 17.8. The lowest BCUT2D eigenvalue weighted by Gasteiger charge is -2.23. The second-order valence-electron chi connectivity index (χ2n) is 6.77. The zero-order chi connectivity index (χ0) is 22.3. The number of nitrogen functional groups attached to an aromatic ring is 1. The Balaban J connectivity index is 1.99. The van der Waals surface area contributed by atoms with Crippen molar-refractivity contribution in [2.24, 2.45) is 7.05 Å². The van der Waals surface area contributed by atoms with Crippen molar-refractivity contribution in [3.8, 4) is 23.2 Å². The fourth-order valence-electron chi connectivity index (χ4n) is 3.36. The molecule has 4 rings (SSSR count). The fourth-order valence-corrected chi connectivity index (χ4v) is 4.92. The molecule has 0 saturated carbocycles. The van der Waals surface area contributed by atoms with Gasteiger partial charge in [-0.25, -0.2) is 14.4 Å². The molecule has 1 aromatic carbocycles. The van der Waals surface area contributed by atoms with Gasteiger partial charge in [0.2, 0.25) is 0 Å². The van der Waals surface area contributed by atoms with Gasteiger partial charge in [0.05, 0.1) is 28.5 Å². The van der Waals surface area contributed by atoms with Crippen LogP contribution in [0.5, 0.6) is 5.88 Å². The lowest BCUT2D eigenvalue weighted by Crippen LogP contribution is -2.20. The van der Waals surface area contributed by atoms with Gasteiger partial charge in [0, 0.05) is 19.7 Å². The van der Waals surface area contributed by atoms with Crippen molar-refractivity contribution in [1.82, 2.24) is 19.7 Å². The van der Waals surface area contributed by atoms with Crippen LogP contribution in [-0.2, 0) is 27.3 Å². The van der Waals surface area contributed by atoms with E-state index in [0.717, 1.165) is 6.07 Å². The van der Waals surface area contributed by atoms with E-state index in [1.165, 1.54) is 30.1 Å². The summed E-state index contributed by atoms with van der Waals surface area (Å²) in [6, 6.07) is 5.74. The van der Waals surface area contributed by atoms with Crippen LogP contribution in [-0.4, -0.2) is 26.9 Å². The number of anilines is 1. The molecule has 0 fully saturated rings. The molecule has 1 aliphatic rings. The number of aromatic nitrogens is 4. The third-order valence-corrected chi connectivity index (χ3v) is 6.82. The molecule has 10 nitrogen and oxygen atoms in total. The Hall–Kier alpha value is -3.32. The number of hydrogen-bond acceptors (Lipinski definition) is 9. The minimum absolute atomic E-state index is 0.000680. The van der Waals surface area contributed by atoms with Crippen molar-refractivity contribution in [3.63, 3.8) is 0 Å². The summed E-state index contributed by atoms with van der Waals surface area (Å²) in [5, 5.41) is 14.0. The van der Waals surface area contributed by atoms with E-state index in [9.17, 15) is 14.2 Å². The number of aryl methyl sites for hydroxylation is 1. The molecule has 0 aliphatic carbocycles. The highest BCUT2D eigenvalue weighted by Crippen LogP contribution is 2.49. The van der Waals surface area contributed by atoms with Crippen molar-refractivity contribution in [1.29, 1.82) is 5.26 Å². The molecule has 2 aromatic heterocycles. The molecule has 31 heavy (non-hydrogen) atoms. The highest BCUT2D eigenvalue weighted by Gasteiger charge is 2.34. The Labute approximate surface area is 176 Å². The molecular formula is C19H18FN6O4P. The van der Waals surface area contributed by atoms with Gasteiger partial charge in [-0.2, -0.15) is 10.4 Å². The number of nitrogens with two attached hydrogens (primary N) is 1.